The van der Waals surface area contributed by atoms with E-state index in [1.54, 1.807) is 7.11 Å². The van der Waals surface area contributed by atoms with E-state index >= 15 is 0 Å². The van der Waals surface area contributed by atoms with Crippen molar-refractivity contribution in [2.45, 2.75) is 34.1 Å². The average Bonchev–Trinajstić information content (AvgIpc) is 3.37. The predicted molar refractivity (Wildman–Crippen MR) is 152 cm³/mol. The van der Waals surface area contributed by atoms with Crippen molar-refractivity contribution in [2.75, 3.05) is 65.4 Å². The Labute approximate surface area is 230 Å². The summed E-state index contributed by atoms with van der Waals surface area (Å²) < 4.78 is 16.4. The summed E-state index contributed by atoms with van der Waals surface area (Å²) in [6.07, 6.45) is 3.99. The van der Waals surface area contributed by atoms with E-state index in [-0.39, 0.29) is 11.5 Å². The lowest BCUT2D eigenvalue weighted by molar-refractivity contribution is 0.0380. The number of methoxy groups -OCH3 is 1. The minimum atomic E-state index is -0.411. The Hall–Kier alpha value is -3.77. The lowest BCUT2D eigenvalue weighted by Gasteiger charge is -2.25. The van der Waals surface area contributed by atoms with Crippen LogP contribution in [0.1, 0.15) is 43.1 Å². The molecule has 12 heteroatoms. The smallest absolute Gasteiger partial charge is 0.261 e. The van der Waals surface area contributed by atoms with Crippen molar-refractivity contribution in [1.29, 1.82) is 0 Å². The number of guanidine groups is 1. The molecule has 39 heavy (non-hydrogen) atoms. The van der Waals surface area contributed by atoms with Gasteiger partial charge in [0.1, 0.15) is 11.5 Å². The summed E-state index contributed by atoms with van der Waals surface area (Å²) in [5, 5.41) is 2.84. The molecular weight excluding hydrogens is 500 g/mol. The Morgan fingerprint density at radius 2 is 1.87 bits per heavy atom. The third kappa shape index (κ3) is 8.36. The molecule has 3 N–H and O–H groups in total. The van der Waals surface area contributed by atoms with Crippen molar-refractivity contribution in [3.8, 4) is 11.5 Å². The van der Waals surface area contributed by atoms with Gasteiger partial charge < -0.3 is 19.9 Å². The summed E-state index contributed by atoms with van der Waals surface area (Å²) in [5.74, 6) is 1.83. The van der Waals surface area contributed by atoms with Gasteiger partial charge in [-0.2, -0.15) is 0 Å². The second-order valence-corrected chi connectivity index (χ2v) is 8.95. The highest BCUT2D eigenvalue weighted by Crippen LogP contribution is 2.40. The maximum Gasteiger partial charge on any atom is 0.261 e. The van der Waals surface area contributed by atoms with Crippen LogP contribution in [-0.4, -0.2) is 97.1 Å². The fourth-order valence-electron chi connectivity index (χ4n) is 4.11. The van der Waals surface area contributed by atoms with E-state index in [9.17, 15) is 4.79 Å². The van der Waals surface area contributed by atoms with Crippen LogP contribution in [0.15, 0.2) is 34.5 Å². The molecule has 2 aliphatic rings. The number of carbonyl (C=O) groups excluding carboxylic acids is 1. The number of benzene rings is 1. The first kappa shape index (κ1) is 29.8. The normalized spacial score (nSPS) is 15.8. The van der Waals surface area contributed by atoms with Gasteiger partial charge >= 0.3 is 0 Å². The minimum Gasteiger partial charge on any atom is -0.491 e. The van der Waals surface area contributed by atoms with E-state index in [1.165, 1.54) is 25.4 Å². The van der Waals surface area contributed by atoms with Crippen molar-refractivity contribution in [1.82, 2.24) is 25.1 Å². The summed E-state index contributed by atoms with van der Waals surface area (Å²) >= 11 is 0. The summed E-state index contributed by atoms with van der Waals surface area (Å²) in [4.78, 5) is 34.0. The standard InChI is InChI=1S/C20H25N7O3.C7H15NO/c1-5-30-15-7-6-12(2)16(17(15)29-4)25-20(27-9-8-22-13(27)3)26-18(28)14-10-23-19(21)24-11-14;1-2-3-8-4-6-9-7-5-8/h6-7,10-11H,5,8-9H2,1-4H3,(H2,21,23,24)(H,25,26,28);2-7H2,1H3. The Bertz CT molecular complexity index is 1140. The summed E-state index contributed by atoms with van der Waals surface area (Å²) in [6.45, 7) is 14.9. The number of nitrogens with two attached hydrogens (primary N) is 1. The summed E-state index contributed by atoms with van der Waals surface area (Å²) in [5.41, 5.74) is 7.20. The van der Waals surface area contributed by atoms with Gasteiger partial charge in [0.25, 0.3) is 5.91 Å². The van der Waals surface area contributed by atoms with E-state index in [2.05, 4.69) is 32.1 Å². The largest absolute Gasteiger partial charge is 0.491 e. The molecule has 3 heterocycles. The zero-order valence-corrected chi connectivity index (χ0v) is 23.6. The number of aliphatic imine (C=N–C) groups is 2. The molecule has 0 unspecified atom stereocenters. The van der Waals surface area contributed by atoms with Crippen LogP contribution in [0.2, 0.25) is 0 Å². The van der Waals surface area contributed by atoms with Crippen LogP contribution >= 0.6 is 0 Å². The van der Waals surface area contributed by atoms with E-state index in [0.717, 1.165) is 37.7 Å². The highest BCUT2D eigenvalue weighted by atomic mass is 16.5. The number of amidine groups is 1. The van der Waals surface area contributed by atoms with Crippen LogP contribution in [0.5, 0.6) is 11.5 Å². The highest BCUT2D eigenvalue weighted by molar-refractivity contribution is 6.11. The molecule has 0 aliphatic carbocycles. The average molecular weight is 541 g/mol. The van der Waals surface area contributed by atoms with Crippen LogP contribution in [0, 0.1) is 6.92 Å². The molecule has 1 amide bonds. The van der Waals surface area contributed by atoms with Gasteiger partial charge in [-0.25, -0.2) is 15.0 Å². The van der Waals surface area contributed by atoms with Crippen molar-refractivity contribution < 1.29 is 19.0 Å². The number of anilines is 1. The van der Waals surface area contributed by atoms with E-state index in [1.807, 2.05) is 37.8 Å². The molecule has 4 rings (SSSR count). The molecule has 0 radical (unpaired) electrons. The first-order chi connectivity index (χ1) is 18.9. The topological polar surface area (TPSA) is 140 Å². The maximum absolute atomic E-state index is 12.8. The van der Waals surface area contributed by atoms with Crippen molar-refractivity contribution in [2.24, 2.45) is 9.98 Å². The molecule has 0 spiro atoms. The fraction of sp³-hybridized carbons (Fsp3) is 0.519. The van der Waals surface area contributed by atoms with Crippen molar-refractivity contribution >= 4 is 29.3 Å². The lowest BCUT2D eigenvalue weighted by atomic mass is 10.1. The van der Waals surface area contributed by atoms with Gasteiger partial charge in [-0.3, -0.25) is 24.9 Å². The minimum absolute atomic E-state index is 0.0936. The predicted octanol–water partition coefficient (Wildman–Crippen LogP) is 2.65. The zero-order chi connectivity index (χ0) is 28.2. The Morgan fingerprint density at radius 3 is 2.46 bits per heavy atom. The van der Waals surface area contributed by atoms with Crippen LogP contribution in [0.3, 0.4) is 0 Å². The molecule has 2 aromatic rings. The van der Waals surface area contributed by atoms with E-state index in [0.29, 0.717) is 42.8 Å². The number of rotatable bonds is 7. The number of carbonyl (C=O) groups is 1. The first-order valence-electron chi connectivity index (χ1n) is 13.2. The van der Waals surface area contributed by atoms with Gasteiger partial charge in [-0.05, 0) is 45.4 Å². The third-order valence-corrected chi connectivity index (χ3v) is 6.13. The van der Waals surface area contributed by atoms with Gasteiger partial charge in [0.05, 0.1) is 39.0 Å². The van der Waals surface area contributed by atoms with Crippen LogP contribution < -0.4 is 20.5 Å². The maximum atomic E-state index is 12.8. The molecule has 2 aliphatic heterocycles. The molecule has 0 atom stereocenters. The molecule has 0 saturated carbocycles. The SMILES string of the molecule is CCCN1CCOCC1.CCOc1ccc(C)c(N=C(NC(=O)c2cnc(N)nc2)N2CCN=C2C)c1OC. The van der Waals surface area contributed by atoms with Crippen LogP contribution in [-0.2, 0) is 4.74 Å². The first-order valence-corrected chi connectivity index (χ1v) is 13.2. The number of aromatic nitrogens is 2. The van der Waals surface area contributed by atoms with Crippen LogP contribution in [0.4, 0.5) is 11.6 Å². The Balaban J connectivity index is 0.000000395. The van der Waals surface area contributed by atoms with Gasteiger partial charge in [-0.1, -0.05) is 13.0 Å². The van der Waals surface area contributed by atoms with E-state index < -0.39 is 5.91 Å². The number of amides is 1. The quantitative estimate of drug-likeness (QED) is 0.401. The third-order valence-electron chi connectivity index (χ3n) is 6.13. The second-order valence-electron chi connectivity index (χ2n) is 8.95. The monoisotopic (exact) mass is 540 g/mol. The summed E-state index contributed by atoms with van der Waals surface area (Å²) in [6, 6.07) is 3.73. The number of ether oxygens (including phenoxy) is 3. The molecule has 1 saturated heterocycles. The van der Waals surface area contributed by atoms with Gasteiger partial charge in [0.2, 0.25) is 11.9 Å². The number of morpholine rings is 1. The molecule has 12 nitrogen and oxygen atoms in total. The van der Waals surface area contributed by atoms with E-state index in [4.69, 9.17) is 24.9 Å². The number of nitrogens with one attached hydrogen (secondary N) is 1. The Morgan fingerprint density at radius 1 is 1.15 bits per heavy atom. The van der Waals surface area contributed by atoms with Crippen LogP contribution in [0.25, 0.3) is 0 Å². The Kier molecular flexibility index (Phi) is 11.4. The second kappa shape index (κ2) is 15.0. The van der Waals surface area contributed by atoms with Crippen molar-refractivity contribution in [3.05, 3.63) is 35.7 Å². The molecule has 1 aromatic heterocycles. The number of aryl methyl sites for hydroxylation is 1. The fourth-order valence-corrected chi connectivity index (χ4v) is 4.11. The number of nitrogens with zero attached hydrogens (tertiary/aromatic N) is 6. The number of nitrogen functional groups attached to an aromatic ring is 1. The number of hydrogen-bond acceptors (Lipinski definition) is 10. The lowest BCUT2D eigenvalue weighted by Crippen LogP contribution is -2.45. The molecule has 1 fully saturated rings. The van der Waals surface area contributed by atoms with Gasteiger partial charge in [-0.15, -0.1) is 0 Å². The number of hydrogen-bond donors (Lipinski definition) is 2. The van der Waals surface area contributed by atoms with Gasteiger partial charge in [0, 0.05) is 32.0 Å². The van der Waals surface area contributed by atoms with Gasteiger partial charge in [0.15, 0.2) is 11.5 Å². The molecular formula is C27H40N8O4. The highest BCUT2D eigenvalue weighted by Gasteiger charge is 2.23. The summed E-state index contributed by atoms with van der Waals surface area (Å²) in [7, 11) is 1.56. The van der Waals surface area contributed by atoms with Crippen molar-refractivity contribution in [3.63, 3.8) is 0 Å². The molecule has 212 valence electrons. The molecule has 0 bridgehead atoms. The zero-order valence-electron chi connectivity index (χ0n) is 23.6. The molecule has 1 aromatic carbocycles.